The summed E-state index contributed by atoms with van der Waals surface area (Å²) >= 11 is 0. The standard InChI is InChI=1S/C52H56N2O8/c1-5-20-61-50-37-9-7-11-39(50)29-43-31-45(54-52(58)53-19-22-59-3)32-44(49(43)57)30-40-12-8-10-38(51(40)62-21-6-2)28-42-26-34(25-41(27-37)48(42)56)24-36-16-15-35(47(36)55)23-33-13-17-46(60-4)18-14-33/h7-14,17-18,23-26,31-32,56-57H,5-6,15-16,19-22,27-30H2,1-4H3,(H2,53,54,58)/b35-23+,36-24+. The van der Waals surface area contributed by atoms with Crippen LogP contribution >= 0.6 is 0 Å². The molecule has 7 rings (SSSR count). The highest BCUT2D eigenvalue weighted by atomic mass is 16.5. The summed E-state index contributed by atoms with van der Waals surface area (Å²) < 4.78 is 23.4. The lowest BCUT2D eigenvalue weighted by Crippen LogP contribution is -2.31. The molecule has 2 amide bonds. The van der Waals surface area contributed by atoms with Crippen molar-refractivity contribution in [2.24, 2.45) is 0 Å². The Labute approximate surface area is 364 Å². The van der Waals surface area contributed by atoms with Gasteiger partial charge >= 0.3 is 6.03 Å². The topological polar surface area (TPSA) is 136 Å². The van der Waals surface area contributed by atoms with Gasteiger partial charge in [-0.15, -0.1) is 0 Å². The number of hydrogen-bond acceptors (Lipinski definition) is 8. The average Bonchev–Trinajstić information content (AvgIpc) is 3.60. The number of rotatable bonds is 13. The molecule has 0 atom stereocenters. The van der Waals surface area contributed by atoms with Crippen molar-refractivity contribution < 1.29 is 38.7 Å². The van der Waals surface area contributed by atoms with E-state index in [-0.39, 0.29) is 23.3 Å². The molecule has 0 aliphatic heterocycles. The number of Topliss-reactive ketones (excluding diaryl/α,β-unsaturated/α-hetero) is 1. The number of hydrogen-bond donors (Lipinski definition) is 4. The number of phenolic OH excluding ortho intramolecular Hbond substituents is 2. The summed E-state index contributed by atoms with van der Waals surface area (Å²) in [5.74, 6) is 2.46. The lowest BCUT2D eigenvalue weighted by molar-refractivity contribution is -0.111. The number of aromatic hydroxyl groups is 2. The molecular weight excluding hydrogens is 781 g/mol. The number of anilines is 1. The molecule has 0 unspecified atom stereocenters. The molecule has 322 valence electrons. The molecule has 62 heavy (non-hydrogen) atoms. The van der Waals surface area contributed by atoms with Gasteiger partial charge in [0.05, 0.1) is 26.9 Å². The van der Waals surface area contributed by atoms with E-state index in [4.69, 9.17) is 18.9 Å². The van der Waals surface area contributed by atoms with E-state index in [2.05, 4.69) is 24.5 Å². The molecule has 2 aliphatic carbocycles. The number of allylic oxidation sites excluding steroid dienone is 2. The first kappa shape index (κ1) is 43.6. The van der Waals surface area contributed by atoms with Crippen molar-refractivity contribution in [3.8, 4) is 28.7 Å². The third kappa shape index (κ3) is 10.3. The first-order valence-corrected chi connectivity index (χ1v) is 21.5. The summed E-state index contributed by atoms with van der Waals surface area (Å²) in [6.45, 7) is 5.76. The zero-order valence-electron chi connectivity index (χ0n) is 36.1. The van der Waals surface area contributed by atoms with Crippen molar-refractivity contribution in [1.29, 1.82) is 0 Å². The minimum absolute atomic E-state index is 0.0221. The third-order valence-corrected chi connectivity index (χ3v) is 11.2. The van der Waals surface area contributed by atoms with E-state index >= 15 is 0 Å². The summed E-state index contributed by atoms with van der Waals surface area (Å²) in [5, 5.41) is 30.0. The molecule has 2 aliphatic rings. The fourth-order valence-corrected chi connectivity index (χ4v) is 8.20. The number of ether oxygens (including phenoxy) is 4. The van der Waals surface area contributed by atoms with Crippen molar-refractivity contribution in [3.63, 3.8) is 0 Å². The number of phenols is 2. The molecule has 0 heterocycles. The highest BCUT2D eigenvalue weighted by Gasteiger charge is 2.25. The Morgan fingerprint density at radius 2 is 1.10 bits per heavy atom. The largest absolute Gasteiger partial charge is 0.507 e. The second-order valence-corrected chi connectivity index (χ2v) is 15.9. The van der Waals surface area contributed by atoms with Gasteiger partial charge in [-0.1, -0.05) is 62.4 Å². The van der Waals surface area contributed by atoms with Gasteiger partial charge in [-0.3, -0.25) is 4.79 Å². The summed E-state index contributed by atoms with van der Waals surface area (Å²) in [6.07, 6.45) is 8.05. The lowest BCUT2D eigenvalue weighted by atomic mass is 9.90. The molecule has 10 nitrogen and oxygen atoms in total. The number of para-hydroxylation sites is 2. The molecule has 1 fully saturated rings. The number of ketones is 1. The highest BCUT2D eigenvalue weighted by molar-refractivity contribution is 6.15. The van der Waals surface area contributed by atoms with Gasteiger partial charge in [-0.25, -0.2) is 4.79 Å². The van der Waals surface area contributed by atoms with Crippen molar-refractivity contribution in [3.05, 3.63) is 152 Å². The van der Waals surface area contributed by atoms with Crippen LogP contribution in [-0.4, -0.2) is 62.6 Å². The maximum Gasteiger partial charge on any atom is 0.319 e. The maximum absolute atomic E-state index is 13.9. The van der Waals surface area contributed by atoms with E-state index < -0.39 is 0 Å². The van der Waals surface area contributed by atoms with Gasteiger partial charge in [0.25, 0.3) is 0 Å². The van der Waals surface area contributed by atoms with E-state index in [1.807, 2.05) is 84.9 Å². The van der Waals surface area contributed by atoms with E-state index in [9.17, 15) is 19.8 Å². The monoisotopic (exact) mass is 836 g/mol. The predicted octanol–water partition coefficient (Wildman–Crippen LogP) is 9.96. The fraction of sp³-hybridized carbons (Fsp3) is 0.308. The van der Waals surface area contributed by atoms with Gasteiger partial charge in [0.15, 0.2) is 5.78 Å². The Morgan fingerprint density at radius 3 is 1.55 bits per heavy atom. The zero-order valence-corrected chi connectivity index (χ0v) is 36.1. The van der Waals surface area contributed by atoms with E-state index in [0.717, 1.165) is 63.1 Å². The fourth-order valence-electron chi connectivity index (χ4n) is 8.20. The molecule has 0 spiro atoms. The summed E-state index contributed by atoms with van der Waals surface area (Å²) in [6, 6.07) is 26.8. The van der Waals surface area contributed by atoms with Gasteiger partial charge in [-0.2, -0.15) is 0 Å². The predicted molar refractivity (Wildman–Crippen MR) is 244 cm³/mol. The molecule has 5 aromatic rings. The Bertz CT molecular complexity index is 2380. The Hall–Kier alpha value is -6.52. The summed E-state index contributed by atoms with van der Waals surface area (Å²) in [4.78, 5) is 26.8. The van der Waals surface area contributed by atoms with Crippen LogP contribution in [0.1, 0.15) is 95.2 Å². The molecule has 8 bridgehead atoms. The molecule has 0 aromatic heterocycles. The first-order chi connectivity index (χ1) is 30.2. The van der Waals surface area contributed by atoms with Crippen LogP contribution in [0.25, 0.3) is 12.2 Å². The summed E-state index contributed by atoms with van der Waals surface area (Å²) in [7, 11) is 3.21. The molecule has 10 heteroatoms. The second-order valence-electron chi connectivity index (χ2n) is 15.9. The van der Waals surface area contributed by atoms with Crippen LogP contribution in [0.2, 0.25) is 0 Å². The molecule has 0 radical (unpaired) electrons. The van der Waals surface area contributed by atoms with Gasteiger partial charge < -0.3 is 39.8 Å². The van der Waals surface area contributed by atoms with Gasteiger partial charge in [0.2, 0.25) is 0 Å². The SMILES string of the molecule is CCCOc1c2cccc1Cc1cc(NC(=O)NCCOC)cc(c1O)Cc1cccc(c1OCCC)Cc1cc(/C=C3\CC/C(=C\c4ccc(OC)cc4)C3=O)cc(c1O)C2. The maximum atomic E-state index is 13.9. The van der Waals surface area contributed by atoms with Crippen LogP contribution < -0.4 is 24.8 Å². The lowest BCUT2D eigenvalue weighted by Gasteiger charge is -2.21. The van der Waals surface area contributed by atoms with Crippen LogP contribution in [0.15, 0.2) is 96.1 Å². The van der Waals surface area contributed by atoms with Crippen molar-refractivity contribution in [1.82, 2.24) is 5.32 Å². The quantitative estimate of drug-likeness (QED) is 0.0513. The number of nitrogens with one attached hydrogen (secondary N) is 2. The first-order valence-electron chi connectivity index (χ1n) is 21.5. The minimum Gasteiger partial charge on any atom is -0.507 e. The Balaban J connectivity index is 1.35. The van der Waals surface area contributed by atoms with Gasteiger partial charge in [0.1, 0.15) is 28.7 Å². The normalized spacial score (nSPS) is 14.8. The van der Waals surface area contributed by atoms with Gasteiger partial charge in [0, 0.05) is 67.3 Å². The third-order valence-electron chi connectivity index (χ3n) is 11.2. The van der Waals surface area contributed by atoms with Crippen molar-refractivity contribution in [2.75, 3.05) is 45.9 Å². The van der Waals surface area contributed by atoms with Crippen LogP contribution in [0, 0.1) is 0 Å². The van der Waals surface area contributed by atoms with Gasteiger partial charge in [-0.05, 0) is 119 Å². The van der Waals surface area contributed by atoms with E-state index in [0.29, 0.717) is 104 Å². The van der Waals surface area contributed by atoms with E-state index in [1.165, 1.54) is 0 Å². The number of carbonyl (C=O) groups is 2. The average molecular weight is 837 g/mol. The van der Waals surface area contributed by atoms with Crippen LogP contribution in [0.5, 0.6) is 28.7 Å². The van der Waals surface area contributed by atoms with Crippen molar-refractivity contribution in [2.45, 2.75) is 65.2 Å². The minimum atomic E-state index is -0.381. The Kier molecular flexibility index (Phi) is 14.3. The molecule has 5 aromatic carbocycles. The number of amides is 2. The molecule has 4 N–H and O–H groups in total. The number of methoxy groups -OCH3 is 2. The number of urea groups is 1. The number of carbonyl (C=O) groups excluding carboxylic acids is 2. The Morgan fingerprint density at radius 1 is 0.629 bits per heavy atom. The number of fused-ring (bicyclic) bond motifs is 8. The van der Waals surface area contributed by atoms with Crippen LogP contribution in [-0.2, 0) is 35.2 Å². The molecule has 1 saturated carbocycles. The smallest absolute Gasteiger partial charge is 0.319 e. The van der Waals surface area contributed by atoms with Crippen molar-refractivity contribution >= 4 is 29.7 Å². The zero-order chi connectivity index (χ0) is 43.6. The molecular formula is C52H56N2O8. The van der Waals surface area contributed by atoms with E-state index in [1.54, 1.807) is 26.4 Å². The van der Waals surface area contributed by atoms with Crippen LogP contribution in [0.4, 0.5) is 10.5 Å². The molecule has 0 saturated heterocycles. The van der Waals surface area contributed by atoms with Crippen LogP contribution in [0.3, 0.4) is 0 Å². The second kappa shape index (κ2) is 20.4. The highest BCUT2D eigenvalue weighted by Crippen LogP contribution is 2.40. The number of benzene rings is 5. The summed E-state index contributed by atoms with van der Waals surface area (Å²) in [5.41, 5.74) is 9.86.